The Labute approximate surface area is 135 Å². The van der Waals surface area contributed by atoms with Crippen LogP contribution in [0.1, 0.15) is 46.8 Å². The fourth-order valence-corrected chi connectivity index (χ4v) is 2.76. The lowest BCUT2D eigenvalue weighted by molar-refractivity contribution is -0.0446. The van der Waals surface area contributed by atoms with E-state index in [0.29, 0.717) is 29.7 Å². The SMILES string of the molecule is COc1c(C)c2c(c(O)c1CC=C(C)CCC(O)O)C(=O)OC2. The van der Waals surface area contributed by atoms with Crippen molar-refractivity contribution < 1.29 is 29.6 Å². The number of carbonyl (C=O) groups is 1. The van der Waals surface area contributed by atoms with Gasteiger partial charge in [-0.3, -0.25) is 0 Å². The number of aromatic hydroxyl groups is 1. The van der Waals surface area contributed by atoms with Gasteiger partial charge < -0.3 is 24.8 Å². The van der Waals surface area contributed by atoms with Gasteiger partial charge in [-0.1, -0.05) is 11.6 Å². The number of phenolic OH excluding ortho intramolecular Hbond substituents is 1. The number of aliphatic hydroxyl groups is 2. The average Bonchev–Trinajstić information content (AvgIpc) is 2.89. The Morgan fingerprint density at radius 3 is 2.74 bits per heavy atom. The first kappa shape index (κ1) is 17.3. The molecule has 1 aromatic carbocycles. The fourth-order valence-electron chi connectivity index (χ4n) is 2.76. The summed E-state index contributed by atoms with van der Waals surface area (Å²) in [5.74, 6) is -0.0735. The van der Waals surface area contributed by atoms with Gasteiger partial charge in [0.25, 0.3) is 0 Å². The molecule has 3 N–H and O–H groups in total. The second kappa shape index (κ2) is 7.02. The smallest absolute Gasteiger partial charge is 0.342 e. The maximum absolute atomic E-state index is 11.8. The summed E-state index contributed by atoms with van der Waals surface area (Å²) in [6, 6.07) is 0. The minimum absolute atomic E-state index is 0.101. The minimum Gasteiger partial charge on any atom is -0.507 e. The zero-order valence-corrected chi connectivity index (χ0v) is 13.5. The van der Waals surface area contributed by atoms with Gasteiger partial charge in [0.2, 0.25) is 0 Å². The number of cyclic esters (lactones) is 1. The average molecular weight is 322 g/mol. The number of hydrogen-bond donors (Lipinski definition) is 3. The molecule has 1 heterocycles. The predicted octanol–water partition coefficient (Wildman–Crippen LogP) is 1.96. The number of ether oxygens (including phenoxy) is 2. The van der Waals surface area contributed by atoms with Gasteiger partial charge in [-0.25, -0.2) is 4.79 Å². The zero-order chi connectivity index (χ0) is 17.1. The lowest BCUT2D eigenvalue weighted by Crippen LogP contribution is -2.04. The van der Waals surface area contributed by atoms with Gasteiger partial charge in [0.1, 0.15) is 23.7 Å². The Kier molecular flexibility index (Phi) is 5.28. The van der Waals surface area contributed by atoms with Crippen LogP contribution in [0.3, 0.4) is 0 Å². The monoisotopic (exact) mass is 322 g/mol. The van der Waals surface area contributed by atoms with Gasteiger partial charge in [-0.15, -0.1) is 0 Å². The summed E-state index contributed by atoms with van der Waals surface area (Å²) in [6.07, 6.45) is 1.71. The van der Waals surface area contributed by atoms with Crippen molar-refractivity contribution in [2.75, 3.05) is 7.11 Å². The number of methoxy groups -OCH3 is 1. The van der Waals surface area contributed by atoms with Crippen LogP contribution < -0.4 is 4.74 Å². The second-order valence-electron chi connectivity index (χ2n) is 5.69. The molecule has 0 saturated carbocycles. The molecule has 2 rings (SSSR count). The summed E-state index contributed by atoms with van der Waals surface area (Å²) in [6.45, 7) is 3.86. The van der Waals surface area contributed by atoms with Crippen LogP contribution in [0.15, 0.2) is 11.6 Å². The molecule has 0 amide bonds. The first-order chi connectivity index (χ1) is 10.9. The van der Waals surface area contributed by atoms with Crippen LogP contribution in [-0.4, -0.2) is 34.7 Å². The minimum atomic E-state index is -1.33. The molecule has 1 aliphatic rings. The number of carbonyl (C=O) groups excluding carboxylic acids is 1. The summed E-state index contributed by atoms with van der Waals surface area (Å²) in [4.78, 5) is 11.8. The van der Waals surface area contributed by atoms with E-state index in [4.69, 9.17) is 19.7 Å². The van der Waals surface area contributed by atoms with Gasteiger partial charge >= 0.3 is 5.97 Å². The summed E-state index contributed by atoms with van der Waals surface area (Å²) in [5, 5.41) is 28.3. The Bertz CT molecular complexity index is 645. The molecule has 0 saturated heterocycles. The van der Waals surface area contributed by atoms with Crippen LogP contribution in [0.25, 0.3) is 0 Å². The van der Waals surface area contributed by atoms with E-state index in [0.717, 1.165) is 11.1 Å². The van der Waals surface area contributed by atoms with Crippen molar-refractivity contribution >= 4 is 5.97 Å². The van der Waals surface area contributed by atoms with Crippen molar-refractivity contribution in [2.45, 2.75) is 46.0 Å². The number of allylic oxidation sites excluding steroid dienone is 2. The fraction of sp³-hybridized carbons (Fsp3) is 0.471. The van der Waals surface area contributed by atoms with Crippen LogP contribution in [0.4, 0.5) is 0 Å². The number of aliphatic hydroxyl groups excluding tert-OH is 1. The summed E-state index contributed by atoms with van der Waals surface area (Å²) < 4.78 is 10.4. The van der Waals surface area contributed by atoms with Crippen molar-refractivity contribution in [1.82, 2.24) is 0 Å². The van der Waals surface area contributed by atoms with E-state index < -0.39 is 12.3 Å². The van der Waals surface area contributed by atoms with Gasteiger partial charge in [0.05, 0.1) is 7.11 Å². The largest absolute Gasteiger partial charge is 0.507 e. The second-order valence-corrected chi connectivity index (χ2v) is 5.69. The molecule has 0 spiro atoms. The number of rotatable bonds is 6. The molecule has 23 heavy (non-hydrogen) atoms. The van der Waals surface area contributed by atoms with E-state index in [1.807, 2.05) is 19.9 Å². The Hall–Kier alpha value is -2.05. The predicted molar refractivity (Wildman–Crippen MR) is 83.4 cm³/mol. The highest BCUT2D eigenvalue weighted by Crippen LogP contribution is 2.42. The molecular weight excluding hydrogens is 300 g/mol. The highest BCUT2D eigenvalue weighted by Gasteiger charge is 2.31. The van der Waals surface area contributed by atoms with E-state index in [2.05, 4.69) is 0 Å². The molecule has 6 nitrogen and oxygen atoms in total. The molecule has 1 aromatic rings. The third-order valence-electron chi connectivity index (χ3n) is 4.10. The maximum Gasteiger partial charge on any atom is 0.342 e. The summed E-state index contributed by atoms with van der Waals surface area (Å²) in [7, 11) is 1.52. The highest BCUT2D eigenvalue weighted by atomic mass is 16.5. The Balaban J connectivity index is 2.35. The number of fused-ring (bicyclic) bond motifs is 1. The zero-order valence-electron chi connectivity index (χ0n) is 13.5. The molecule has 0 atom stereocenters. The molecule has 0 radical (unpaired) electrons. The van der Waals surface area contributed by atoms with Gasteiger partial charge in [0.15, 0.2) is 6.29 Å². The van der Waals surface area contributed by atoms with Crippen molar-refractivity contribution in [3.8, 4) is 11.5 Å². The lowest BCUT2D eigenvalue weighted by atomic mass is 9.94. The van der Waals surface area contributed by atoms with Crippen LogP contribution in [0.2, 0.25) is 0 Å². The first-order valence-electron chi connectivity index (χ1n) is 7.47. The summed E-state index contributed by atoms with van der Waals surface area (Å²) >= 11 is 0. The van der Waals surface area contributed by atoms with Crippen LogP contribution in [0.5, 0.6) is 11.5 Å². The lowest BCUT2D eigenvalue weighted by Gasteiger charge is -2.15. The van der Waals surface area contributed by atoms with E-state index in [-0.39, 0.29) is 24.3 Å². The van der Waals surface area contributed by atoms with Crippen molar-refractivity contribution in [2.24, 2.45) is 0 Å². The third-order valence-corrected chi connectivity index (χ3v) is 4.10. The molecule has 0 aliphatic carbocycles. The van der Waals surface area contributed by atoms with Crippen molar-refractivity contribution in [3.05, 3.63) is 33.9 Å². The Morgan fingerprint density at radius 2 is 2.13 bits per heavy atom. The molecule has 126 valence electrons. The standard InChI is InChI=1S/C17H22O6/c1-9(5-7-13(18)19)4-6-11-15(20)14-12(8-23-17(14)21)10(2)16(11)22-3/h4,13,18-20H,5-8H2,1-3H3. The molecule has 0 bridgehead atoms. The number of hydrogen-bond acceptors (Lipinski definition) is 6. The third kappa shape index (κ3) is 3.48. The number of phenols is 1. The van der Waals surface area contributed by atoms with E-state index in [1.165, 1.54) is 7.11 Å². The van der Waals surface area contributed by atoms with Gasteiger partial charge in [0, 0.05) is 17.5 Å². The quantitative estimate of drug-likeness (QED) is 0.421. The number of esters is 1. The number of benzene rings is 1. The van der Waals surface area contributed by atoms with Gasteiger partial charge in [-0.05, 0) is 32.3 Å². The molecule has 6 heteroatoms. The van der Waals surface area contributed by atoms with Crippen molar-refractivity contribution in [1.29, 1.82) is 0 Å². The molecule has 0 fully saturated rings. The van der Waals surface area contributed by atoms with Crippen molar-refractivity contribution in [3.63, 3.8) is 0 Å². The Morgan fingerprint density at radius 1 is 1.43 bits per heavy atom. The first-order valence-corrected chi connectivity index (χ1v) is 7.47. The van der Waals surface area contributed by atoms with E-state index in [9.17, 15) is 9.90 Å². The van der Waals surface area contributed by atoms with Crippen LogP contribution >= 0.6 is 0 Å². The van der Waals surface area contributed by atoms with Crippen LogP contribution in [-0.2, 0) is 17.8 Å². The molecule has 1 aliphatic heterocycles. The molecular formula is C17H22O6. The van der Waals surface area contributed by atoms with Gasteiger partial charge in [-0.2, -0.15) is 0 Å². The normalized spacial score (nSPS) is 14.2. The summed E-state index contributed by atoms with van der Waals surface area (Å²) in [5.41, 5.74) is 3.16. The topological polar surface area (TPSA) is 96.2 Å². The van der Waals surface area contributed by atoms with Crippen LogP contribution in [0, 0.1) is 6.92 Å². The maximum atomic E-state index is 11.8. The van der Waals surface area contributed by atoms with E-state index >= 15 is 0 Å². The van der Waals surface area contributed by atoms with E-state index in [1.54, 1.807) is 0 Å². The highest BCUT2D eigenvalue weighted by molar-refractivity contribution is 5.98. The molecule has 0 unspecified atom stereocenters. The molecule has 0 aromatic heterocycles.